The molecule has 2 N–H and O–H groups in total. The zero-order valence-corrected chi connectivity index (χ0v) is 16.8. The molecule has 0 heterocycles. The second-order valence-electron chi connectivity index (χ2n) is 6.85. The molecule has 0 fully saturated rings. The van der Waals surface area contributed by atoms with Crippen LogP contribution in [-0.2, 0) is 14.3 Å². The first-order chi connectivity index (χ1) is 11.6. The van der Waals surface area contributed by atoms with Gasteiger partial charge in [-0.15, -0.1) is 0 Å². The molecule has 0 spiro atoms. The summed E-state index contributed by atoms with van der Waals surface area (Å²) in [6, 6.07) is 0. The molecule has 0 aliphatic rings. The molecule has 0 bridgehead atoms. The maximum Gasteiger partial charge on any atom is 0.280 e. The Hall–Kier alpha value is -0.130. The van der Waals surface area contributed by atoms with Crippen molar-refractivity contribution in [2.75, 3.05) is 12.5 Å². The van der Waals surface area contributed by atoms with Crippen LogP contribution in [0.25, 0.3) is 0 Å². The summed E-state index contributed by atoms with van der Waals surface area (Å²) in [4.78, 5) is 0. The molecule has 0 radical (unpaired) electrons. The van der Waals surface area contributed by atoms with Crippen molar-refractivity contribution < 1.29 is 12.6 Å². The number of hydrogen-bond donors (Lipinski definition) is 1. The van der Waals surface area contributed by atoms with Crippen molar-refractivity contribution in [1.29, 1.82) is 0 Å². The molecule has 5 heteroatoms. The minimum atomic E-state index is -3.46. The molecule has 4 nitrogen and oxygen atoms in total. The third kappa shape index (κ3) is 18.2. The number of rotatable bonds is 19. The largest absolute Gasteiger partial charge is 0.316 e. The van der Waals surface area contributed by atoms with Gasteiger partial charge in [-0.1, -0.05) is 103 Å². The van der Waals surface area contributed by atoms with E-state index in [1.165, 1.54) is 89.9 Å². The highest BCUT2D eigenvalue weighted by atomic mass is 32.2. The number of nitrogens with two attached hydrogens (primary N) is 1. The number of unbranched alkanes of at least 4 members (excludes halogenated alkanes) is 15. The normalized spacial score (nSPS) is 11.9. The first-order valence-corrected chi connectivity index (χ1v) is 11.8. The van der Waals surface area contributed by atoms with Crippen LogP contribution in [0.2, 0.25) is 0 Å². The molecule has 0 atom stereocenters. The first-order valence-electron chi connectivity index (χ1n) is 10.2. The zero-order chi connectivity index (χ0) is 17.9. The molecular weight excluding hydrogens is 322 g/mol. The summed E-state index contributed by atoms with van der Waals surface area (Å²) in [6.45, 7) is 2.54. The van der Waals surface area contributed by atoms with Crippen molar-refractivity contribution in [2.45, 2.75) is 110 Å². The monoisotopic (exact) mass is 363 g/mol. The van der Waals surface area contributed by atoms with Crippen molar-refractivity contribution in [1.82, 2.24) is 0 Å². The second-order valence-corrected chi connectivity index (χ2v) is 8.53. The number of hydrogen-bond acceptors (Lipinski definition) is 4. The van der Waals surface area contributed by atoms with Gasteiger partial charge in [0, 0.05) is 0 Å². The van der Waals surface area contributed by atoms with Crippen LogP contribution < -0.4 is 5.73 Å². The predicted molar refractivity (Wildman–Crippen MR) is 103 cm³/mol. The highest BCUT2D eigenvalue weighted by Gasteiger charge is 2.06. The molecule has 0 unspecified atom stereocenters. The lowest BCUT2D eigenvalue weighted by Gasteiger charge is -2.04. The fourth-order valence-electron chi connectivity index (χ4n) is 2.88. The van der Waals surface area contributed by atoms with Crippen LogP contribution in [0.15, 0.2) is 0 Å². The Morgan fingerprint density at radius 2 is 0.958 bits per heavy atom. The summed E-state index contributed by atoms with van der Waals surface area (Å²) in [7, 11) is -3.46. The van der Waals surface area contributed by atoms with Crippen LogP contribution in [-0.4, -0.2) is 20.9 Å². The van der Waals surface area contributed by atoms with Gasteiger partial charge in [-0.2, -0.15) is 8.42 Å². The Balaban J connectivity index is 3.08. The molecule has 0 rings (SSSR count). The Morgan fingerprint density at radius 1 is 0.625 bits per heavy atom. The molecule has 146 valence electrons. The van der Waals surface area contributed by atoms with Crippen LogP contribution in [0.1, 0.15) is 110 Å². The molecule has 24 heavy (non-hydrogen) atoms. The van der Waals surface area contributed by atoms with E-state index in [1.54, 1.807) is 0 Å². The maximum atomic E-state index is 11.0. The SMILES string of the molecule is CCCCCCCCCCCCCCCCCCOS(=O)(=O)CN. The molecule has 0 saturated heterocycles. The van der Waals surface area contributed by atoms with Gasteiger partial charge in [0.15, 0.2) is 0 Å². The van der Waals surface area contributed by atoms with Gasteiger partial charge in [0.05, 0.1) is 6.61 Å². The van der Waals surface area contributed by atoms with Gasteiger partial charge < -0.3 is 5.73 Å². The molecule has 0 amide bonds. The predicted octanol–water partition coefficient (Wildman–Crippen LogP) is 5.51. The standard InChI is InChI=1S/C19H41NO3S/c1-2-3-4-5-6-7-8-9-10-11-12-13-14-15-16-17-18-23-24(21,22)19-20/h2-20H2,1H3. The Labute approximate surface area is 151 Å². The van der Waals surface area contributed by atoms with E-state index in [0.717, 1.165) is 12.8 Å². The van der Waals surface area contributed by atoms with Crippen molar-refractivity contribution in [2.24, 2.45) is 5.73 Å². The molecule has 0 aromatic carbocycles. The van der Waals surface area contributed by atoms with Crippen LogP contribution in [0.4, 0.5) is 0 Å². The van der Waals surface area contributed by atoms with Gasteiger partial charge >= 0.3 is 0 Å². The maximum absolute atomic E-state index is 11.0. The van der Waals surface area contributed by atoms with E-state index in [4.69, 9.17) is 9.92 Å². The fraction of sp³-hybridized carbons (Fsp3) is 1.00. The van der Waals surface area contributed by atoms with E-state index in [9.17, 15) is 8.42 Å². The van der Waals surface area contributed by atoms with Gasteiger partial charge in [-0.3, -0.25) is 4.18 Å². The molecule has 0 saturated carbocycles. The second kappa shape index (κ2) is 17.7. The van der Waals surface area contributed by atoms with E-state index in [-0.39, 0.29) is 6.61 Å². The van der Waals surface area contributed by atoms with Crippen LogP contribution in [0.5, 0.6) is 0 Å². The fourth-order valence-corrected chi connectivity index (χ4v) is 3.35. The van der Waals surface area contributed by atoms with E-state index < -0.39 is 16.0 Å². The molecule has 0 aromatic heterocycles. The van der Waals surface area contributed by atoms with Gasteiger partial charge in [0.2, 0.25) is 0 Å². The zero-order valence-electron chi connectivity index (χ0n) is 15.9. The summed E-state index contributed by atoms with van der Waals surface area (Å²) >= 11 is 0. The average molecular weight is 364 g/mol. The first kappa shape index (κ1) is 23.9. The third-order valence-electron chi connectivity index (χ3n) is 4.46. The quantitative estimate of drug-likeness (QED) is 0.243. The topological polar surface area (TPSA) is 69.4 Å². The third-order valence-corrected chi connectivity index (χ3v) is 5.40. The van der Waals surface area contributed by atoms with E-state index in [1.807, 2.05) is 0 Å². The minimum absolute atomic E-state index is 0.276. The van der Waals surface area contributed by atoms with E-state index in [2.05, 4.69) is 6.92 Å². The lowest BCUT2D eigenvalue weighted by atomic mass is 10.0. The summed E-state index contributed by atoms with van der Waals surface area (Å²) in [5.74, 6) is -0.425. The molecule has 0 aliphatic carbocycles. The summed E-state index contributed by atoms with van der Waals surface area (Å²) < 4.78 is 26.8. The highest BCUT2D eigenvalue weighted by molar-refractivity contribution is 7.86. The van der Waals surface area contributed by atoms with Crippen molar-refractivity contribution in [3.05, 3.63) is 0 Å². The van der Waals surface area contributed by atoms with Crippen LogP contribution >= 0.6 is 0 Å². The van der Waals surface area contributed by atoms with Crippen molar-refractivity contribution in [3.8, 4) is 0 Å². The summed E-state index contributed by atoms with van der Waals surface area (Å²) in [5, 5.41) is 0. The Kier molecular flexibility index (Phi) is 17.6. The molecular formula is C19H41NO3S. The van der Waals surface area contributed by atoms with Gasteiger partial charge in [-0.25, -0.2) is 0 Å². The van der Waals surface area contributed by atoms with Crippen molar-refractivity contribution in [3.63, 3.8) is 0 Å². The van der Waals surface area contributed by atoms with Crippen molar-refractivity contribution >= 4 is 10.1 Å². The Morgan fingerprint density at radius 3 is 1.29 bits per heavy atom. The van der Waals surface area contributed by atoms with Gasteiger partial charge in [0.25, 0.3) is 10.1 Å². The summed E-state index contributed by atoms with van der Waals surface area (Å²) in [6.07, 6.45) is 20.9. The smallest absolute Gasteiger partial charge is 0.280 e. The van der Waals surface area contributed by atoms with Crippen LogP contribution in [0.3, 0.4) is 0 Å². The van der Waals surface area contributed by atoms with Gasteiger partial charge in [-0.05, 0) is 6.42 Å². The average Bonchev–Trinajstić information content (AvgIpc) is 2.57. The lowest BCUT2D eigenvalue weighted by molar-refractivity contribution is 0.306. The van der Waals surface area contributed by atoms with E-state index in [0.29, 0.717) is 0 Å². The minimum Gasteiger partial charge on any atom is -0.316 e. The van der Waals surface area contributed by atoms with E-state index >= 15 is 0 Å². The highest BCUT2D eigenvalue weighted by Crippen LogP contribution is 2.13. The molecule has 0 aliphatic heterocycles. The summed E-state index contributed by atoms with van der Waals surface area (Å²) in [5.41, 5.74) is 5.07. The lowest BCUT2D eigenvalue weighted by Crippen LogP contribution is -2.17. The van der Waals surface area contributed by atoms with Crippen LogP contribution in [0, 0.1) is 0 Å². The van der Waals surface area contributed by atoms with Gasteiger partial charge in [0.1, 0.15) is 5.88 Å². The Bertz CT molecular complexity index is 345. The molecule has 0 aromatic rings.